The van der Waals surface area contributed by atoms with Crippen molar-refractivity contribution >= 4 is 34.9 Å². The minimum Gasteiger partial charge on any atom is -0.493 e. The van der Waals surface area contributed by atoms with Crippen molar-refractivity contribution in [3.8, 4) is 11.5 Å². The van der Waals surface area contributed by atoms with Crippen molar-refractivity contribution in [2.45, 2.75) is 38.6 Å². The molecule has 7 nitrogen and oxygen atoms in total. The number of imide groups is 1. The summed E-state index contributed by atoms with van der Waals surface area (Å²) in [5.41, 5.74) is 0.702. The third-order valence-corrected chi connectivity index (χ3v) is 6.25. The first-order valence-electron chi connectivity index (χ1n) is 9.69. The molecule has 29 heavy (non-hydrogen) atoms. The van der Waals surface area contributed by atoms with Gasteiger partial charge in [-0.1, -0.05) is 25.8 Å². The highest BCUT2D eigenvalue weighted by Crippen LogP contribution is 2.34. The molecule has 2 fully saturated rings. The molecule has 156 valence electrons. The van der Waals surface area contributed by atoms with Gasteiger partial charge in [0.25, 0.3) is 11.1 Å². The van der Waals surface area contributed by atoms with Gasteiger partial charge in [0, 0.05) is 6.04 Å². The van der Waals surface area contributed by atoms with E-state index in [1.54, 1.807) is 31.4 Å². The minimum atomic E-state index is -0.457. The van der Waals surface area contributed by atoms with Crippen LogP contribution in [-0.2, 0) is 9.59 Å². The third-order valence-electron chi connectivity index (χ3n) is 5.34. The molecule has 1 saturated heterocycles. The first kappa shape index (κ1) is 21.2. The molecule has 0 spiro atoms. The monoisotopic (exact) mass is 418 g/mol. The Kier molecular flexibility index (Phi) is 6.84. The van der Waals surface area contributed by atoms with Gasteiger partial charge in [-0.15, -0.1) is 0 Å². The Hall–Kier alpha value is -2.48. The van der Waals surface area contributed by atoms with Gasteiger partial charge in [-0.3, -0.25) is 19.3 Å². The molecule has 1 aliphatic carbocycles. The number of hydrogen-bond acceptors (Lipinski definition) is 6. The van der Waals surface area contributed by atoms with Crippen molar-refractivity contribution < 1.29 is 23.9 Å². The number of methoxy groups -OCH3 is 2. The average Bonchev–Trinajstić information content (AvgIpc) is 2.97. The molecule has 2 atom stereocenters. The van der Waals surface area contributed by atoms with Crippen LogP contribution in [0.4, 0.5) is 4.79 Å². The largest absolute Gasteiger partial charge is 0.493 e. The molecule has 3 amide bonds. The molecule has 1 aliphatic heterocycles. The van der Waals surface area contributed by atoms with Gasteiger partial charge in [-0.25, -0.2) is 0 Å². The van der Waals surface area contributed by atoms with E-state index in [2.05, 4.69) is 12.2 Å². The van der Waals surface area contributed by atoms with Crippen LogP contribution in [0.5, 0.6) is 11.5 Å². The Morgan fingerprint density at radius 3 is 2.62 bits per heavy atom. The second-order valence-corrected chi connectivity index (χ2v) is 8.31. The van der Waals surface area contributed by atoms with Gasteiger partial charge in [-0.05, 0) is 54.3 Å². The van der Waals surface area contributed by atoms with Crippen LogP contribution < -0.4 is 14.8 Å². The summed E-state index contributed by atoms with van der Waals surface area (Å²) in [7, 11) is 3.07. The quantitative estimate of drug-likeness (QED) is 0.713. The highest BCUT2D eigenvalue weighted by Gasteiger charge is 2.37. The lowest BCUT2D eigenvalue weighted by atomic mass is 9.86. The summed E-state index contributed by atoms with van der Waals surface area (Å²) in [6.45, 7) is 1.87. The number of nitrogens with zero attached hydrogens (tertiary/aromatic N) is 1. The number of ether oxygens (including phenoxy) is 2. The number of carbonyl (C=O) groups is 3. The fraction of sp³-hybridized carbons (Fsp3) is 0.476. The number of rotatable bonds is 6. The molecule has 1 aromatic carbocycles. The van der Waals surface area contributed by atoms with Crippen molar-refractivity contribution in [1.82, 2.24) is 10.2 Å². The lowest BCUT2D eigenvalue weighted by Crippen LogP contribution is -2.46. The van der Waals surface area contributed by atoms with Gasteiger partial charge >= 0.3 is 0 Å². The van der Waals surface area contributed by atoms with E-state index in [1.165, 1.54) is 13.5 Å². The maximum absolute atomic E-state index is 12.7. The summed E-state index contributed by atoms with van der Waals surface area (Å²) in [5, 5.41) is 2.55. The number of carbonyl (C=O) groups excluding carboxylic acids is 3. The average molecular weight is 419 g/mol. The van der Waals surface area contributed by atoms with E-state index >= 15 is 0 Å². The molecule has 0 aromatic heterocycles. The maximum Gasteiger partial charge on any atom is 0.294 e. The van der Waals surface area contributed by atoms with Crippen molar-refractivity contribution in [2.24, 2.45) is 5.92 Å². The first-order chi connectivity index (χ1) is 13.9. The van der Waals surface area contributed by atoms with Crippen LogP contribution in [0.15, 0.2) is 23.1 Å². The van der Waals surface area contributed by atoms with Crippen LogP contribution in [0.1, 0.15) is 38.2 Å². The van der Waals surface area contributed by atoms with E-state index in [-0.39, 0.29) is 23.4 Å². The molecular formula is C21H26N2O5S. The Morgan fingerprint density at radius 1 is 1.21 bits per heavy atom. The summed E-state index contributed by atoms with van der Waals surface area (Å²) >= 11 is 0.835. The van der Waals surface area contributed by atoms with E-state index < -0.39 is 11.1 Å². The maximum atomic E-state index is 12.7. The van der Waals surface area contributed by atoms with Gasteiger partial charge in [0.05, 0.1) is 19.1 Å². The molecule has 2 aliphatic rings. The van der Waals surface area contributed by atoms with Crippen LogP contribution in [-0.4, -0.2) is 48.8 Å². The van der Waals surface area contributed by atoms with Crippen LogP contribution >= 0.6 is 11.8 Å². The highest BCUT2D eigenvalue weighted by atomic mass is 32.2. The number of thioether (sulfide) groups is 1. The fourth-order valence-electron chi connectivity index (χ4n) is 3.66. The van der Waals surface area contributed by atoms with E-state index in [4.69, 9.17) is 9.47 Å². The van der Waals surface area contributed by atoms with Crippen LogP contribution in [0, 0.1) is 5.92 Å². The number of nitrogens with one attached hydrogen (secondary N) is 1. The molecular weight excluding hydrogens is 392 g/mol. The number of benzene rings is 1. The summed E-state index contributed by atoms with van der Waals surface area (Å²) in [6, 6.07) is 5.34. The van der Waals surface area contributed by atoms with E-state index in [0.29, 0.717) is 23.0 Å². The van der Waals surface area contributed by atoms with Gasteiger partial charge in [0.1, 0.15) is 6.54 Å². The molecule has 1 N–H and O–H groups in total. The second-order valence-electron chi connectivity index (χ2n) is 7.32. The Labute approximate surface area is 174 Å². The van der Waals surface area contributed by atoms with Crippen molar-refractivity contribution in [3.63, 3.8) is 0 Å². The molecule has 1 saturated carbocycles. The number of hydrogen-bond donors (Lipinski definition) is 1. The smallest absolute Gasteiger partial charge is 0.294 e. The normalized spacial score (nSPS) is 23.4. The first-order valence-corrected chi connectivity index (χ1v) is 10.5. The fourth-order valence-corrected chi connectivity index (χ4v) is 4.50. The van der Waals surface area contributed by atoms with E-state index in [9.17, 15) is 14.4 Å². The van der Waals surface area contributed by atoms with Crippen LogP contribution in [0.3, 0.4) is 0 Å². The summed E-state index contributed by atoms with van der Waals surface area (Å²) < 4.78 is 10.5. The summed E-state index contributed by atoms with van der Waals surface area (Å²) in [4.78, 5) is 38.7. The zero-order chi connectivity index (χ0) is 21.0. The predicted octanol–water partition coefficient (Wildman–Crippen LogP) is 3.44. The summed E-state index contributed by atoms with van der Waals surface area (Å²) in [5.74, 6) is 0.764. The van der Waals surface area contributed by atoms with Gasteiger partial charge in [0.2, 0.25) is 5.91 Å². The van der Waals surface area contributed by atoms with Crippen LogP contribution in [0.2, 0.25) is 0 Å². The molecule has 0 bridgehead atoms. The lowest BCUT2D eigenvalue weighted by Gasteiger charge is -2.29. The van der Waals surface area contributed by atoms with Gasteiger partial charge < -0.3 is 14.8 Å². The van der Waals surface area contributed by atoms with Crippen molar-refractivity contribution in [3.05, 3.63) is 28.7 Å². The number of amides is 3. The lowest BCUT2D eigenvalue weighted by molar-refractivity contribution is -0.130. The highest BCUT2D eigenvalue weighted by molar-refractivity contribution is 8.18. The zero-order valence-corrected chi connectivity index (χ0v) is 17.7. The molecule has 3 rings (SSSR count). The second kappa shape index (κ2) is 9.35. The molecule has 0 radical (unpaired) electrons. The van der Waals surface area contributed by atoms with Gasteiger partial charge in [-0.2, -0.15) is 0 Å². The van der Waals surface area contributed by atoms with Crippen LogP contribution in [0.25, 0.3) is 6.08 Å². The Morgan fingerprint density at radius 2 is 1.93 bits per heavy atom. The Balaban J connectivity index is 1.67. The molecule has 1 heterocycles. The van der Waals surface area contributed by atoms with Crippen molar-refractivity contribution in [2.75, 3.05) is 20.8 Å². The molecule has 1 aromatic rings. The van der Waals surface area contributed by atoms with Gasteiger partial charge in [0.15, 0.2) is 11.5 Å². The standard InChI is InChI=1S/C21H26N2O5S/c1-13-6-4-5-7-15(13)22-19(24)12-23-20(25)18(29-21(23)26)11-14-8-9-16(27-2)17(10-14)28-3/h8-11,13,15H,4-7,12H2,1-3H3,(H,22,24)/b18-11-/t13-,15-/m1/s1. The van der Waals surface area contributed by atoms with Crippen molar-refractivity contribution in [1.29, 1.82) is 0 Å². The third kappa shape index (κ3) is 4.93. The molecule has 8 heteroatoms. The molecule has 0 unspecified atom stereocenters. The zero-order valence-electron chi connectivity index (χ0n) is 16.9. The topological polar surface area (TPSA) is 84.9 Å². The van der Waals surface area contributed by atoms with E-state index in [0.717, 1.165) is 35.9 Å². The predicted molar refractivity (Wildman–Crippen MR) is 112 cm³/mol. The minimum absolute atomic E-state index is 0.110. The summed E-state index contributed by atoms with van der Waals surface area (Å²) in [6.07, 6.45) is 5.91. The SMILES string of the molecule is COc1ccc(/C=C2\SC(=O)N(CC(=O)N[C@@H]3CCCC[C@H]3C)C2=O)cc1OC. The Bertz CT molecular complexity index is 838. The van der Waals surface area contributed by atoms with E-state index in [1.807, 2.05) is 0 Å².